The lowest BCUT2D eigenvalue weighted by Gasteiger charge is -2.30. The standard InChI is InChI=1S/C16H15ClO3/c1-19-12-6-7-13-14(18)9-15(20-16(13)8-12)10-2-4-11(17)5-3-10/h2-8,14-15,18H,9H2,1H3. The zero-order valence-electron chi connectivity index (χ0n) is 11.0. The molecule has 0 saturated heterocycles. The second-order valence-corrected chi connectivity index (χ2v) is 5.25. The smallest absolute Gasteiger partial charge is 0.129 e. The van der Waals surface area contributed by atoms with Gasteiger partial charge in [0.1, 0.15) is 17.6 Å². The van der Waals surface area contributed by atoms with Crippen molar-refractivity contribution in [3.05, 3.63) is 58.6 Å². The summed E-state index contributed by atoms with van der Waals surface area (Å²) in [4.78, 5) is 0. The van der Waals surface area contributed by atoms with Gasteiger partial charge in [-0.25, -0.2) is 0 Å². The minimum atomic E-state index is -0.537. The molecule has 0 fully saturated rings. The molecule has 2 aromatic rings. The van der Waals surface area contributed by atoms with Gasteiger partial charge in [-0.3, -0.25) is 0 Å². The monoisotopic (exact) mass is 290 g/mol. The molecule has 0 radical (unpaired) electrons. The van der Waals surface area contributed by atoms with Crippen molar-refractivity contribution in [2.45, 2.75) is 18.6 Å². The van der Waals surface area contributed by atoms with E-state index in [4.69, 9.17) is 21.1 Å². The van der Waals surface area contributed by atoms with E-state index < -0.39 is 6.10 Å². The van der Waals surface area contributed by atoms with Gasteiger partial charge in [-0.15, -0.1) is 0 Å². The van der Waals surface area contributed by atoms with Crippen molar-refractivity contribution in [3.63, 3.8) is 0 Å². The molecule has 0 saturated carbocycles. The SMILES string of the molecule is COc1ccc2c(c1)OC(c1ccc(Cl)cc1)CC2O. The molecule has 104 valence electrons. The lowest BCUT2D eigenvalue weighted by atomic mass is 9.95. The van der Waals surface area contributed by atoms with Gasteiger partial charge in [0.05, 0.1) is 13.2 Å². The fraction of sp³-hybridized carbons (Fsp3) is 0.250. The fourth-order valence-electron chi connectivity index (χ4n) is 2.43. The maximum absolute atomic E-state index is 10.3. The highest BCUT2D eigenvalue weighted by molar-refractivity contribution is 6.30. The Balaban J connectivity index is 1.92. The molecule has 1 N–H and O–H groups in total. The Bertz CT molecular complexity index is 610. The lowest BCUT2D eigenvalue weighted by molar-refractivity contribution is 0.0655. The average Bonchev–Trinajstić information content (AvgIpc) is 2.47. The molecule has 4 heteroatoms. The van der Waals surface area contributed by atoms with Crippen LogP contribution < -0.4 is 9.47 Å². The van der Waals surface area contributed by atoms with Gasteiger partial charge in [-0.1, -0.05) is 23.7 Å². The molecule has 2 unspecified atom stereocenters. The number of ether oxygens (including phenoxy) is 2. The van der Waals surface area contributed by atoms with Crippen LogP contribution in [0.3, 0.4) is 0 Å². The molecule has 2 aromatic carbocycles. The minimum absolute atomic E-state index is 0.179. The van der Waals surface area contributed by atoms with E-state index in [0.29, 0.717) is 22.9 Å². The number of hydrogen-bond acceptors (Lipinski definition) is 3. The maximum Gasteiger partial charge on any atom is 0.129 e. The summed E-state index contributed by atoms with van der Waals surface area (Å²) in [6.45, 7) is 0. The second kappa shape index (κ2) is 5.35. The van der Waals surface area contributed by atoms with Gasteiger partial charge < -0.3 is 14.6 Å². The van der Waals surface area contributed by atoms with E-state index in [1.54, 1.807) is 13.2 Å². The molecular weight excluding hydrogens is 276 g/mol. The second-order valence-electron chi connectivity index (χ2n) is 4.81. The predicted molar refractivity (Wildman–Crippen MR) is 77.4 cm³/mol. The summed E-state index contributed by atoms with van der Waals surface area (Å²) in [6, 6.07) is 13.0. The van der Waals surface area contributed by atoms with E-state index in [0.717, 1.165) is 11.1 Å². The third-order valence-corrected chi connectivity index (χ3v) is 3.78. The van der Waals surface area contributed by atoms with Crippen LogP contribution in [-0.2, 0) is 0 Å². The third kappa shape index (κ3) is 2.47. The summed E-state index contributed by atoms with van der Waals surface area (Å²) in [7, 11) is 1.61. The molecule has 1 aliphatic heterocycles. The van der Waals surface area contributed by atoms with Crippen LogP contribution in [0, 0.1) is 0 Å². The number of aliphatic hydroxyl groups is 1. The molecule has 20 heavy (non-hydrogen) atoms. The van der Waals surface area contributed by atoms with Crippen LogP contribution in [0.1, 0.15) is 29.8 Å². The average molecular weight is 291 g/mol. The molecule has 2 atom stereocenters. The van der Waals surface area contributed by atoms with Gasteiger partial charge in [0.25, 0.3) is 0 Å². The first-order chi connectivity index (χ1) is 9.67. The maximum atomic E-state index is 10.3. The van der Waals surface area contributed by atoms with Gasteiger partial charge in [0.2, 0.25) is 0 Å². The van der Waals surface area contributed by atoms with Gasteiger partial charge in [-0.05, 0) is 29.8 Å². The first-order valence-corrected chi connectivity index (χ1v) is 6.83. The van der Waals surface area contributed by atoms with Crippen LogP contribution in [0.15, 0.2) is 42.5 Å². The van der Waals surface area contributed by atoms with Crippen LogP contribution >= 0.6 is 11.6 Å². The molecule has 1 aliphatic rings. The van der Waals surface area contributed by atoms with E-state index in [2.05, 4.69) is 0 Å². The van der Waals surface area contributed by atoms with Crippen molar-refractivity contribution in [1.29, 1.82) is 0 Å². The minimum Gasteiger partial charge on any atom is -0.497 e. The van der Waals surface area contributed by atoms with Crippen molar-refractivity contribution < 1.29 is 14.6 Å². The van der Waals surface area contributed by atoms with Gasteiger partial charge in [-0.2, -0.15) is 0 Å². The molecule has 0 aliphatic carbocycles. The molecule has 3 nitrogen and oxygen atoms in total. The molecule has 0 bridgehead atoms. The van der Waals surface area contributed by atoms with Gasteiger partial charge in [0.15, 0.2) is 0 Å². The van der Waals surface area contributed by atoms with E-state index in [-0.39, 0.29) is 6.10 Å². The number of hydrogen-bond donors (Lipinski definition) is 1. The van der Waals surface area contributed by atoms with Crippen LogP contribution in [0.25, 0.3) is 0 Å². The van der Waals surface area contributed by atoms with Crippen molar-refractivity contribution in [2.75, 3.05) is 7.11 Å². The number of rotatable bonds is 2. The predicted octanol–water partition coefficient (Wildman–Crippen LogP) is 3.91. The quantitative estimate of drug-likeness (QED) is 0.911. The summed E-state index contributed by atoms with van der Waals surface area (Å²) in [5, 5.41) is 11.0. The van der Waals surface area contributed by atoms with E-state index in [1.807, 2.05) is 36.4 Å². The van der Waals surface area contributed by atoms with Crippen LogP contribution in [0.4, 0.5) is 0 Å². The van der Waals surface area contributed by atoms with Gasteiger partial charge in [0, 0.05) is 23.1 Å². The van der Waals surface area contributed by atoms with Crippen LogP contribution in [0.2, 0.25) is 5.02 Å². The number of fused-ring (bicyclic) bond motifs is 1. The zero-order valence-corrected chi connectivity index (χ0v) is 11.8. The first-order valence-electron chi connectivity index (χ1n) is 6.45. The van der Waals surface area contributed by atoms with Crippen molar-refractivity contribution in [3.8, 4) is 11.5 Å². The topological polar surface area (TPSA) is 38.7 Å². The number of aliphatic hydroxyl groups excluding tert-OH is 1. The Morgan fingerprint density at radius 2 is 1.95 bits per heavy atom. The summed E-state index contributed by atoms with van der Waals surface area (Å²) in [5.41, 5.74) is 1.80. The number of benzene rings is 2. The van der Waals surface area contributed by atoms with Crippen LogP contribution in [0.5, 0.6) is 11.5 Å². The number of halogens is 1. The Morgan fingerprint density at radius 3 is 2.65 bits per heavy atom. The normalized spacial score (nSPS) is 20.9. The van der Waals surface area contributed by atoms with E-state index in [1.165, 1.54) is 0 Å². The first kappa shape index (κ1) is 13.3. The Labute approximate surface area is 122 Å². The highest BCUT2D eigenvalue weighted by atomic mass is 35.5. The largest absolute Gasteiger partial charge is 0.497 e. The molecule has 0 amide bonds. The summed E-state index contributed by atoms with van der Waals surface area (Å²) in [6.07, 6.45) is -0.187. The van der Waals surface area contributed by atoms with Crippen LogP contribution in [-0.4, -0.2) is 12.2 Å². The Morgan fingerprint density at radius 1 is 1.20 bits per heavy atom. The van der Waals surface area contributed by atoms with Crippen molar-refractivity contribution in [1.82, 2.24) is 0 Å². The molecule has 3 rings (SSSR count). The summed E-state index contributed by atoms with van der Waals surface area (Å²) >= 11 is 5.89. The highest BCUT2D eigenvalue weighted by Gasteiger charge is 2.28. The van der Waals surface area contributed by atoms with E-state index in [9.17, 15) is 5.11 Å². The zero-order chi connectivity index (χ0) is 14.1. The van der Waals surface area contributed by atoms with Gasteiger partial charge >= 0.3 is 0 Å². The third-order valence-electron chi connectivity index (χ3n) is 3.53. The fourth-order valence-corrected chi connectivity index (χ4v) is 2.56. The molecular formula is C16H15ClO3. The van der Waals surface area contributed by atoms with Crippen molar-refractivity contribution >= 4 is 11.6 Å². The highest BCUT2D eigenvalue weighted by Crippen LogP contribution is 2.42. The van der Waals surface area contributed by atoms with Crippen molar-refractivity contribution in [2.24, 2.45) is 0 Å². The Kier molecular flexibility index (Phi) is 3.55. The summed E-state index contributed by atoms with van der Waals surface area (Å²) in [5.74, 6) is 1.38. The molecule has 1 heterocycles. The lowest BCUT2D eigenvalue weighted by Crippen LogP contribution is -2.19. The molecule has 0 spiro atoms. The van der Waals surface area contributed by atoms with E-state index >= 15 is 0 Å². The number of methoxy groups -OCH3 is 1. The Hall–Kier alpha value is -1.71. The molecule has 0 aromatic heterocycles. The summed E-state index contributed by atoms with van der Waals surface area (Å²) < 4.78 is 11.2.